The highest BCUT2D eigenvalue weighted by Crippen LogP contribution is 2.27. The molecule has 0 atom stereocenters. The average molecular weight is 424 g/mol. The summed E-state index contributed by atoms with van der Waals surface area (Å²) in [5, 5.41) is 1.88. The highest BCUT2D eigenvalue weighted by molar-refractivity contribution is 8.18. The van der Waals surface area contributed by atoms with Gasteiger partial charge in [0.15, 0.2) is 0 Å². The van der Waals surface area contributed by atoms with Crippen molar-refractivity contribution in [2.24, 2.45) is 0 Å². The Balaban J connectivity index is 1.27. The Kier molecular flexibility index (Phi) is 6.04. The Morgan fingerprint density at radius 2 is 1.70 bits per heavy atom. The summed E-state index contributed by atoms with van der Waals surface area (Å²) in [4.78, 5) is 37.2. The maximum Gasteiger partial charge on any atom is 0.415 e. The number of nitrogens with one attached hydrogen (secondary N) is 1. The molecule has 0 aliphatic carbocycles. The normalized spacial score (nSPS) is 18.4. The van der Waals surface area contributed by atoms with Crippen LogP contribution in [0.3, 0.4) is 0 Å². The number of hydrogen-bond donors (Lipinski definition) is 1. The summed E-state index contributed by atoms with van der Waals surface area (Å²) >= 11 is 0.892. The van der Waals surface area contributed by atoms with Crippen LogP contribution in [0.1, 0.15) is 18.4 Å². The van der Waals surface area contributed by atoms with E-state index >= 15 is 0 Å². The van der Waals surface area contributed by atoms with Crippen molar-refractivity contribution in [2.45, 2.75) is 18.9 Å². The Hall–Kier alpha value is -3.26. The molecule has 0 bridgehead atoms. The molecule has 2 heterocycles. The Labute approximate surface area is 178 Å². The van der Waals surface area contributed by atoms with E-state index in [9.17, 15) is 14.4 Å². The summed E-state index contributed by atoms with van der Waals surface area (Å²) < 4.78 is 11.4. The van der Waals surface area contributed by atoms with Crippen molar-refractivity contribution in [1.29, 1.82) is 0 Å². The van der Waals surface area contributed by atoms with Crippen LogP contribution in [0.25, 0.3) is 6.08 Å². The molecule has 0 saturated carbocycles. The van der Waals surface area contributed by atoms with Crippen molar-refractivity contribution in [3.63, 3.8) is 0 Å². The zero-order chi connectivity index (χ0) is 20.9. The Bertz CT molecular complexity index is 967. The van der Waals surface area contributed by atoms with Crippen molar-refractivity contribution in [1.82, 2.24) is 10.2 Å². The number of carbonyl (C=O) groups excluding carboxylic acids is 3. The van der Waals surface area contributed by atoms with E-state index in [4.69, 9.17) is 9.47 Å². The lowest BCUT2D eigenvalue weighted by Gasteiger charge is -2.31. The highest BCUT2D eigenvalue weighted by Gasteiger charge is 2.26. The van der Waals surface area contributed by atoms with Crippen molar-refractivity contribution in [3.05, 3.63) is 65.1 Å². The van der Waals surface area contributed by atoms with Crippen LogP contribution in [0.2, 0.25) is 0 Å². The van der Waals surface area contributed by atoms with E-state index in [0.29, 0.717) is 36.6 Å². The van der Waals surface area contributed by atoms with Gasteiger partial charge in [-0.25, -0.2) is 4.79 Å². The van der Waals surface area contributed by atoms with Crippen molar-refractivity contribution in [2.75, 3.05) is 13.1 Å². The quantitative estimate of drug-likeness (QED) is 0.746. The van der Waals surface area contributed by atoms with Crippen LogP contribution in [0.15, 0.2) is 59.5 Å². The first-order chi connectivity index (χ1) is 14.6. The third-order valence-electron chi connectivity index (χ3n) is 4.77. The van der Waals surface area contributed by atoms with Gasteiger partial charge in [0.05, 0.1) is 4.91 Å². The highest BCUT2D eigenvalue weighted by atomic mass is 32.2. The number of para-hydroxylation sites is 1. The molecule has 7 nitrogen and oxygen atoms in total. The summed E-state index contributed by atoms with van der Waals surface area (Å²) in [6.07, 6.45) is 2.78. The molecular weight excluding hydrogens is 404 g/mol. The standard InChI is InChI=1S/C22H20N2O5S/c25-20-19(30-21(26)23-20)14-15-6-8-17(9-7-15)28-18-10-12-24(13-11-18)22(27)29-16-4-2-1-3-5-16/h1-9,14,18H,10-13H2,(H,23,25,26)/b19-14-. The molecule has 154 valence electrons. The SMILES string of the molecule is O=C1NC(=O)/C(=C/c2ccc(OC3CCN(C(=O)Oc4ccccc4)CC3)cc2)S1. The number of imide groups is 1. The molecule has 0 unspecified atom stereocenters. The van der Waals surface area contributed by atoms with E-state index in [1.54, 1.807) is 23.1 Å². The van der Waals surface area contributed by atoms with Crippen LogP contribution in [-0.2, 0) is 4.79 Å². The van der Waals surface area contributed by atoms with Gasteiger partial charge < -0.3 is 14.4 Å². The van der Waals surface area contributed by atoms with Gasteiger partial charge in [-0.2, -0.15) is 0 Å². The molecule has 0 radical (unpaired) electrons. The number of nitrogens with zero attached hydrogens (tertiary/aromatic N) is 1. The number of ether oxygens (including phenoxy) is 2. The lowest BCUT2D eigenvalue weighted by Crippen LogP contribution is -2.43. The zero-order valence-electron chi connectivity index (χ0n) is 16.1. The molecule has 2 aromatic rings. The van der Waals surface area contributed by atoms with Crippen molar-refractivity contribution < 1.29 is 23.9 Å². The average Bonchev–Trinajstić information content (AvgIpc) is 3.07. The third kappa shape index (κ3) is 5.01. The number of thioether (sulfide) groups is 1. The molecule has 2 fully saturated rings. The van der Waals surface area contributed by atoms with E-state index in [-0.39, 0.29) is 23.3 Å². The van der Waals surface area contributed by atoms with E-state index < -0.39 is 0 Å². The summed E-state index contributed by atoms with van der Waals surface area (Å²) in [6.45, 7) is 1.14. The molecule has 2 saturated heterocycles. The molecule has 0 spiro atoms. The first kappa shape index (κ1) is 20.0. The fourth-order valence-electron chi connectivity index (χ4n) is 3.22. The van der Waals surface area contributed by atoms with Crippen LogP contribution in [0.5, 0.6) is 11.5 Å². The summed E-state index contributed by atoms with van der Waals surface area (Å²) in [7, 11) is 0. The van der Waals surface area contributed by atoms with Crippen molar-refractivity contribution >= 4 is 35.1 Å². The van der Waals surface area contributed by atoms with Crippen LogP contribution in [0.4, 0.5) is 9.59 Å². The first-order valence-electron chi connectivity index (χ1n) is 9.60. The van der Waals surface area contributed by atoms with Gasteiger partial charge in [-0.1, -0.05) is 30.3 Å². The monoisotopic (exact) mass is 424 g/mol. The molecule has 8 heteroatoms. The van der Waals surface area contributed by atoms with Crippen LogP contribution in [0, 0.1) is 0 Å². The van der Waals surface area contributed by atoms with E-state index in [0.717, 1.165) is 23.1 Å². The summed E-state index contributed by atoms with van der Waals surface area (Å²) in [5.74, 6) is 0.888. The second-order valence-corrected chi connectivity index (χ2v) is 7.92. The minimum absolute atomic E-state index is 0.0174. The Morgan fingerprint density at radius 1 is 1.00 bits per heavy atom. The Morgan fingerprint density at radius 3 is 2.33 bits per heavy atom. The van der Waals surface area contributed by atoms with Gasteiger partial charge in [-0.3, -0.25) is 14.9 Å². The molecule has 0 aromatic heterocycles. The molecule has 30 heavy (non-hydrogen) atoms. The molecule has 1 N–H and O–H groups in total. The predicted octanol–water partition coefficient (Wildman–Crippen LogP) is 4.05. The summed E-state index contributed by atoms with van der Waals surface area (Å²) in [5.41, 5.74) is 0.813. The maximum atomic E-state index is 12.3. The van der Waals surface area contributed by atoms with Crippen LogP contribution >= 0.6 is 11.8 Å². The minimum atomic E-state index is -0.372. The maximum absolute atomic E-state index is 12.3. The molecule has 2 aromatic carbocycles. The van der Waals surface area contributed by atoms with Crippen molar-refractivity contribution in [3.8, 4) is 11.5 Å². The number of likely N-dealkylation sites (tertiary alicyclic amines) is 1. The van der Waals surface area contributed by atoms with E-state index in [1.165, 1.54) is 0 Å². The second kappa shape index (κ2) is 9.04. The van der Waals surface area contributed by atoms with E-state index in [2.05, 4.69) is 5.32 Å². The van der Waals surface area contributed by atoms with Gasteiger partial charge in [0.25, 0.3) is 11.1 Å². The van der Waals surface area contributed by atoms with Crippen LogP contribution in [-0.4, -0.2) is 41.3 Å². The van der Waals surface area contributed by atoms with Gasteiger partial charge in [-0.15, -0.1) is 0 Å². The van der Waals surface area contributed by atoms with Gasteiger partial charge >= 0.3 is 6.09 Å². The first-order valence-corrected chi connectivity index (χ1v) is 10.4. The zero-order valence-corrected chi connectivity index (χ0v) is 16.9. The largest absolute Gasteiger partial charge is 0.490 e. The topological polar surface area (TPSA) is 84.9 Å². The molecule has 3 amide bonds. The van der Waals surface area contributed by atoms with Gasteiger partial charge in [0, 0.05) is 25.9 Å². The number of benzene rings is 2. The fraction of sp³-hybridized carbons (Fsp3) is 0.227. The van der Waals surface area contributed by atoms with Crippen LogP contribution < -0.4 is 14.8 Å². The molecule has 2 aliphatic rings. The number of hydrogen-bond acceptors (Lipinski definition) is 6. The number of amides is 3. The van der Waals surface area contributed by atoms with E-state index in [1.807, 2.05) is 42.5 Å². The smallest absolute Gasteiger partial charge is 0.415 e. The third-order valence-corrected chi connectivity index (χ3v) is 5.58. The fourth-order valence-corrected chi connectivity index (χ4v) is 3.90. The number of piperidine rings is 1. The molecule has 4 rings (SSSR count). The number of carbonyl (C=O) groups is 3. The van der Waals surface area contributed by atoms with Gasteiger partial charge in [0.2, 0.25) is 0 Å². The van der Waals surface area contributed by atoms with Gasteiger partial charge in [-0.05, 0) is 47.7 Å². The second-order valence-electron chi connectivity index (χ2n) is 6.91. The minimum Gasteiger partial charge on any atom is -0.490 e. The molecule has 2 aliphatic heterocycles. The lowest BCUT2D eigenvalue weighted by molar-refractivity contribution is -0.115. The molecular formula is C22H20N2O5S. The predicted molar refractivity (Wildman–Crippen MR) is 113 cm³/mol. The lowest BCUT2D eigenvalue weighted by atomic mass is 10.1. The number of rotatable bonds is 4. The van der Waals surface area contributed by atoms with Gasteiger partial charge in [0.1, 0.15) is 17.6 Å². The summed E-state index contributed by atoms with van der Waals surface area (Å²) in [6, 6.07) is 16.4.